The molecule has 65 heavy (non-hydrogen) atoms. The van der Waals surface area contributed by atoms with E-state index < -0.39 is 5.89 Å². The normalized spacial score (nSPS) is 12.5. The maximum atomic E-state index is 12.3. The zero-order valence-electron chi connectivity index (χ0n) is 41.4. The molecule has 0 fully saturated rings. The molecule has 0 atom stereocenters. The summed E-state index contributed by atoms with van der Waals surface area (Å²) in [5.74, 6) is 0.258. The van der Waals surface area contributed by atoms with Gasteiger partial charge < -0.3 is 5.11 Å². The van der Waals surface area contributed by atoms with Gasteiger partial charge in [0.1, 0.15) is 11.6 Å². The van der Waals surface area contributed by atoms with E-state index in [4.69, 9.17) is 9.97 Å². The summed E-state index contributed by atoms with van der Waals surface area (Å²) in [6.07, 6.45) is 1.89. The maximum absolute atomic E-state index is 12.3. The molecule has 1 N–H and O–H groups in total. The SMILES string of the molecule is [2H]C(C)(C)c1cc(-n2c(-c3cc(C(C)C)cc(C(C)C)c3O)nc3c(-c4[c-]c(-c5cc(-c6ccc(C)cc6)ccn5)cc(C(C)(C)C)c4)cccc32)ccc1-c1ccccc1C(C)(C)C.[Pt]. The molecule has 8 rings (SSSR count). The van der Waals surface area contributed by atoms with Crippen molar-refractivity contribution in [1.82, 2.24) is 14.5 Å². The van der Waals surface area contributed by atoms with Crippen molar-refractivity contribution in [2.24, 2.45) is 0 Å². The van der Waals surface area contributed by atoms with Gasteiger partial charge in [0.25, 0.3) is 0 Å². The number of nitrogens with zero attached hydrogens (tertiary/aromatic N) is 3. The summed E-state index contributed by atoms with van der Waals surface area (Å²) >= 11 is 0. The second kappa shape index (κ2) is 18.4. The molecular weight excluding hydrogens is 974 g/mol. The average Bonchev–Trinajstić information content (AvgIpc) is 3.65. The first-order chi connectivity index (χ1) is 30.6. The van der Waals surface area contributed by atoms with Crippen molar-refractivity contribution in [3.8, 4) is 67.5 Å². The molecule has 0 amide bonds. The quantitative estimate of drug-likeness (QED) is 0.147. The zero-order chi connectivity index (χ0) is 46.7. The summed E-state index contributed by atoms with van der Waals surface area (Å²) in [5, 5.41) is 12.3. The van der Waals surface area contributed by atoms with E-state index in [-0.39, 0.29) is 49.5 Å². The van der Waals surface area contributed by atoms with Crippen LogP contribution in [0, 0.1) is 13.0 Å². The molecule has 8 aromatic rings. The smallest absolute Gasteiger partial charge is 0.148 e. The van der Waals surface area contributed by atoms with Crippen molar-refractivity contribution in [2.75, 3.05) is 0 Å². The molecule has 0 aliphatic carbocycles. The Bertz CT molecular complexity index is 3060. The molecule has 6 aromatic carbocycles. The number of fused-ring (bicyclic) bond motifs is 1. The van der Waals surface area contributed by atoms with Crippen LogP contribution in [0.1, 0.15) is 136 Å². The van der Waals surface area contributed by atoms with Gasteiger partial charge in [-0.1, -0.05) is 179 Å². The van der Waals surface area contributed by atoms with Gasteiger partial charge in [-0.2, -0.15) is 0 Å². The summed E-state index contributed by atoms with van der Waals surface area (Å²) in [6, 6.07) is 46.8. The summed E-state index contributed by atoms with van der Waals surface area (Å²) in [4.78, 5) is 10.5. The van der Waals surface area contributed by atoms with Crippen molar-refractivity contribution < 1.29 is 27.5 Å². The fourth-order valence-electron chi connectivity index (χ4n) is 8.86. The van der Waals surface area contributed by atoms with Gasteiger partial charge >= 0.3 is 0 Å². The van der Waals surface area contributed by atoms with Crippen LogP contribution in [-0.4, -0.2) is 19.6 Å². The van der Waals surface area contributed by atoms with E-state index in [9.17, 15) is 6.48 Å². The number of para-hydroxylation sites is 1. The van der Waals surface area contributed by atoms with Crippen molar-refractivity contribution in [3.63, 3.8) is 0 Å². The number of aryl methyl sites for hydroxylation is 1. The number of phenols is 1. The van der Waals surface area contributed by atoms with Gasteiger partial charge in [-0.3, -0.25) is 9.55 Å². The number of pyridine rings is 1. The van der Waals surface area contributed by atoms with E-state index in [0.717, 1.165) is 83.6 Å². The zero-order valence-corrected chi connectivity index (χ0v) is 42.7. The Kier molecular flexibility index (Phi) is 13.0. The minimum atomic E-state index is -0.938. The predicted molar refractivity (Wildman–Crippen MR) is 271 cm³/mol. The van der Waals surface area contributed by atoms with Crippen LogP contribution in [-0.2, 0) is 31.9 Å². The van der Waals surface area contributed by atoms with E-state index in [1.165, 1.54) is 11.1 Å². The van der Waals surface area contributed by atoms with Crippen LogP contribution < -0.4 is 0 Å². The van der Waals surface area contributed by atoms with E-state index in [1.807, 2.05) is 20.0 Å². The molecule has 2 heterocycles. The summed E-state index contributed by atoms with van der Waals surface area (Å²) in [7, 11) is 0. The van der Waals surface area contributed by atoms with Crippen LogP contribution in [0.5, 0.6) is 5.75 Å². The van der Waals surface area contributed by atoms with Crippen LogP contribution in [0.3, 0.4) is 0 Å². The third-order valence-electron chi connectivity index (χ3n) is 12.6. The number of hydrogen-bond acceptors (Lipinski definition) is 3. The van der Waals surface area contributed by atoms with Crippen LogP contribution in [0.4, 0.5) is 0 Å². The first kappa shape index (κ1) is 46.0. The van der Waals surface area contributed by atoms with Crippen molar-refractivity contribution in [2.45, 2.75) is 119 Å². The van der Waals surface area contributed by atoms with Gasteiger partial charge in [0.15, 0.2) is 0 Å². The van der Waals surface area contributed by atoms with Gasteiger partial charge in [-0.15, -0.1) is 29.3 Å². The molecule has 0 bridgehead atoms. The Hall–Kier alpha value is -5.57. The minimum absolute atomic E-state index is 0. The fraction of sp³-hybridized carbons (Fsp3) is 0.300. The second-order valence-corrected chi connectivity index (χ2v) is 20.5. The Labute approximate surface area is 403 Å². The molecule has 0 saturated heterocycles. The Morgan fingerprint density at radius 3 is 1.98 bits per heavy atom. The monoisotopic (exact) mass is 1040 g/mol. The third-order valence-corrected chi connectivity index (χ3v) is 12.6. The first-order valence-electron chi connectivity index (χ1n) is 23.3. The number of rotatable bonds is 9. The molecule has 2 aromatic heterocycles. The molecule has 5 heteroatoms. The van der Waals surface area contributed by atoms with Crippen molar-refractivity contribution in [3.05, 3.63) is 167 Å². The third kappa shape index (κ3) is 9.43. The van der Waals surface area contributed by atoms with E-state index >= 15 is 0 Å². The molecule has 4 nitrogen and oxygen atoms in total. The van der Waals surface area contributed by atoms with E-state index in [0.29, 0.717) is 11.4 Å². The molecule has 0 unspecified atom stereocenters. The summed E-state index contributed by atoms with van der Waals surface area (Å²) in [5.41, 5.74) is 17.6. The number of imidazole rings is 1. The molecule has 0 aliphatic heterocycles. The van der Waals surface area contributed by atoms with Gasteiger partial charge in [0, 0.05) is 40.0 Å². The van der Waals surface area contributed by atoms with Gasteiger partial charge in [0.05, 0.1) is 16.6 Å². The van der Waals surface area contributed by atoms with Crippen molar-refractivity contribution in [1.29, 1.82) is 0 Å². The fourth-order valence-corrected chi connectivity index (χ4v) is 8.86. The van der Waals surface area contributed by atoms with E-state index in [1.54, 1.807) is 0 Å². The Balaban J connectivity index is 0.00000648. The first-order valence-corrected chi connectivity index (χ1v) is 22.8. The molecule has 0 saturated carbocycles. The Morgan fingerprint density at radius 1 is 0.631 bits per heavy atom. The van der Waals surface area contributed by atoms with Crippen LogP contribution in [0.25, 0.3) is 72.7 Å². The largest absolute Gasteiger partial charge is 0.507 e. The predicted octanol–water partition coefficient (Wildman–Crippen LogP) is 16.5. The standard InChI is InChI=1S/C60H64N3O.Pt/c1-36(2)42-32-51(38(5)6)57(64)52(33-42)58-62-56-47(43-29-44(31-45(30-43)59(8,9)10)54-34-41(27-28-61-54)40-23-21-39(7)22-24-40)18-16-20-55(56)63(58)46-25-26-48(50(35-46)37(3)4)49-17-14-15-19-53(49)60(11,12)13;/h14-28,30-38,64H,1-13H3;/q-1;/i37D;. The summed E-state index contributed by atoms with van der Waals surface area (Å²) in [6.45, 7) is 28.1. The van der Waals surface area contributed by atoms with Gasteiger partial charge in [-0.05, 0) is 110 Å². The summed E-state index contributed by atoms with van der Waals surface area (Å²) < 4.78 is 11.8. The van der Waals surface area contributed by atoms with Crippen molar-refractivity contribution >= 4 is 11.0 Å². The van der Waals surface area contributed by atoms with Crippen LogP contribution >= 0.6 is 0 Å². The number of hydrogen-bond donors (Lipinski definition) is 1. The number of phenolic OH excluding ortho intramolecular Hbond substituents is 1. The molecular formula is C60H64N3OPt-. The molecule has 0 radical (unpaired) electrons. The number of aromatic hydroxyl groups is 1. The van der Waals surface area contributed by atoms with Gasteiger partial charge in [-0.25, -0.2) is 4.98 Å². The van der Waals surface area contributed by atoms with Gasteiger partial charge in [0.2, 0.25) is 0 Å². The molecule has 0 spiro atoms. The second-order valence-electron chi connectivity index (χ2n) is 20.5. The van der Waals surface area contributed by atoms with Crippen LogP contribution in [0.15, 0.2) is 128 Å². The maximum Gasteiger partial charge on any atom is 0.148 e. The number of benzene rings is 6. The topological polar surface area (TPSA) is 50.9 Å². The number of aromatic nitrogens is 3. The van der Waals surface area contributed by atoms with E-state index in [2.05, 4.69) is 208 Å². The minimum Gasteiger partial charge on any atom is -0.507 e. The average molecular weight is 1040 g/mol. The van der Waals surface area contributed by atoms with Crippen LogP contribution in [0.2, 0.25) is 0 Å². The molecule has 0 aliphatic rings. The Morgan fingerprint density at radius 2 is 1.32 bits per heavy atom. The molecule has 336 valence electrons.